The number of allylic oxidation sites excluding steroid dienone is 2. The molecular weight excluding hydrogens is 170 g/mol. The van der Waals surface area contributed by atoms with Gasteiger partial charge in [-0.3, -0.25) is 0 Å². The van der Waals surface area contributed by atoms with E-state index >= 15 is 0 Å². The molecule has 0 saturated heterocycles. The van der Waals surface area contributed by atoms with Gasteiger partial charge in [0.05, 0.1) is 0 Å². The van der Waals surface area contributed by atoms with Crippen molar-refractivity contribution in [3.63, 3.8) is 0 Å². The lowest BCUT2D eigenvalue weighted by atomic mass is 9.88. The lowest BCUT2D eigenvalue weighted by molar-refractivity contribution is 0.654. The largest absolute Gasteiger partial charge is 0.399 e. The molecule has 2 rings (SSSR count). The summed E-state index contributed by atoms with van der Waals surface area (Å²) in [5, 5.41) is 0. The van der Waals surface area contributed by atoms with Crippen molar-refractivity contribution in [2.24, 2.45) is 0 Å². The highest BCUT2D eigenvalue weighted by Crippen LogP contribution is 2.29. The summed E-state index contributed by atoms with van der Waals surface area (Å²) in [6.07, 6.45) is 8.45. The molecule has 1 aromatic rings. The van der Waals surface area contributed by atoms with Gasteiger partial charge in [0, 0.05) is 11.6 Å². The first kappa shape index (κ1) is 9.32. The Labute approximate surface area is 85.6 Å². The van der Waals surface area contributed by atoms with Crippen molar-refractivity contribution in [1.29, 1.82) is 0 Å². The predicted octanol–water partition coefficient (Wildman–Crippen LogP) is 3.40. The lowest BCUT2D eigenvalue weighted by Gasteiger charge is -2.17. The third-order valence-electron chi connectivity index (χ3n) is 2.98. The number of nitrogens with two attached hydrogens (primary N) is 1. The molecule has 74 valence electrons. The Balaban J connectivity index is 2.27. The first-order valence-corrected chi connectivity index (χ1v) is 5.30. The van der Waals surface area contributed by atoms with E-state index < -0.39 is 0 Å². The number of hydrogen-bond acceptors (Lipinski definition) is 1. The van der Waals surface area contributed by atoms with E-state index in [2.05, 4.69) is 31.2 Å². The number of benzene rings is 1. The van der Waals surface area contributed by atoms with Gasteiger partial charge in [-0.25, -0.2) is 0 Å². The zero-order valence-electron chi connectivity index (χ0n) is 8.66. The van der Waals surface area contributed by atoms with Crippen molar-refractivity contribution in [3.05, 3.63) is 41.5 Å². The van der Waals surface area contributed by atoms with Crippen LogP contribution in [0.1, 0.15) is 36.3 Å². The second-order valence-corrected chi connectivity index (χ2v) is 4.08. The van der Waals surface area contributed by atoms with Gasteiger partial charge < -0.3 is 5.73 Å². The Kier molecular flexibility index (Phi) is 2.58. The van der Waals surface area contributed by atoms with Crippen LogP contribution in [0, 0.1) is 6.92 Å². The van der Waals surface area contributed by atoms with E-state index in [-0.39, 0.29) is 0 Å². The molecule has 0 spiro atoms. The van der Waals surface area contributed by atoms with Crippen molar-refractivity contribution in [2.45, 2.75) is 32.1 Å². The van der Waals surface area contributed by atoms with Crippen LogP contribution in [0.15, 0.2) is 30.4 Å². The van der Waals surface area contributed by atoms with E-state index in [1.165, 1.54) is 30.4 Å². The third-order valence-corrected chi connectivity index (χ3v) is 2.98. The zero-order chi connectivity index (χ0) is 9.97. The molecule has 0 amide bonds. The number of hydrogen-bond donors (Lipinski definition) is 1. The van der Waals surface area contributed by atoms with Crippen LogP contribution in [-0.2, 0) is 0 Å². The molecule has 14 heavy (non-hydrogen) atoms. The van der Waals surface area contributed by atoms with Crippen LogP contribution in [-0.4, -0.2) is 0 Å². The SMILES string of the molecule is Cc1cc(C2C=CCCC2)ccc1N. The summed E-state index contributed by atoms with van der Waals surface area (Å²) in [5.41, 5.74) is 9.30. The van der Waals surface area contributed by atoms with Gasteiger partial charge >= 0.3 is 0 Å². The van der Waals surface area contributed by atoms with Gasteiger partial charge in [-0.2, -0.15) is 0 Å². The van der Waals surface area contributed by atoms with Crippen LogP contribution in [0.4, 0.5) is 5.69 Å². The van der Waals surface area contributed by atoms with Crippen LogP contribution in [0.25, 0.3) is 0 Å². The summed E-state index contributed by atoms with van der Waals surface area (Å²) in [6, 6.07) is 6.39. The van der Waals surface area contributed by atoms with Crippen molar-refractivity contribution in [3.8, 4) is 0 Å². The quantitative estimate of drug-likeness (QED) is 0.529. The zero-order valence-corrected chi connectivity index (χ0v) is 8.66. The molecule has 0 fully saturated rings. The van der Waals surface area contributed by atoms with Gasteiger partial charge in [-0.05, 0) is 43.4 Å². The minimum atomic E-state index is 0.614. The van der Waals surface area contributed by atoms with Gasteiger partial charge in [-0.1, -0.05) is 24.3 Å². The van der Waals surface area contributed by atoms with Crippen molar-refractivity contribution in [2.75, 3.05) is 5.73 Å². The van der Waals surface area contributed by atoms with Crippen LogP contribution >= 0.6 is 0 Å². The van der Waals surface area contributed by atoms with E-state index in [1.807, 2.05) is 6.07 Å². The second kappa shape index (κ2) is 3.87. The fourth-order valence-corrected chi connectivity index (χ4v) is 2.02. The summed E-state index contributed by atoms with van der Waals surface area (Å²) in [6.45, 7) is 2.07. The Morgan fingerprint density at radius 3 is 2.86 bits per heavy atom. The summed E-state index contributed by atoms with van der Waals surface area (Å²) in [5.74, 6) is 0.614. The molecule has 1 aromatic carbocycles. The first-order chi connectivity index (χ1) is 6.77. The maximum Gasteiger partial charge on any atom is 0.0343 e. The highest BCUT2D eigenvalue weighted by molar-refractivity contribution is 5.48. The highest BCUT2D eigenvalue weighted by atomic mass is 14.5. The summed E-state index contributed by atoms with van der Waals surface area (Å²) in [7, 11) is 0. The molecule has 1 aliphatic rings. The maximum atomic E-state index is 5.80. The van der Waals surface area contributed by atoms with E-state index in [9.17, 15) is 0 Å². The molecular formula is C13H17N. The standard InChI is InChI=1S/C13H17N/c1-10-9-12(7-8-13(10)14)11-5-3-2-4-6-11/h3,5,7-9,11H,2,4,6,14H2,1H3. The van der Waals surface area contributed by atoms with Crippen LogP contribution in [0.5, 0.6) is 0 Å². The average molecular weight is 187 g/mol. The van der Waals surface area contributed by atoms with Gasteiger partial charge in [0.15, 0.2) is 0 Å². The number of nitrogen functional groups attached to an aromatic ring is 1. The summed E-state index contributed by atoms with van der Waals surface area (Å²) >= 11 is 0. The van der Waals surface area contributed by atoms with Crippen molar-refractivity contribution < 1.29 is 0 Å². The predicted molar refractivity (Wildman–Crippen MR) is 61.3 cm³/mol. The molecule has 0 bridgehead atoms. The Bertz CT molecular complexity index is 352. The normalized spacial score (nSPS) is 21.1. The van der Waals surface area contributed by atoms with Gasteiger partial charge in [0.1, 0.15) is 0 Å². The Morgan fingerprint density at radius 2 is 2.21 bits per heavy atom. The molecule has 1 atom stereocenters. The molecule has 1 heteroatoms. The van der Waals surface area contributed by atoms with E-state index in [1.54, 1.807) is 0 Å². The van der Waals surface area contributed by atoms with Gasteiger partial charge in [-0.15, -0.1) is 0 Å². The van der Waals surface area contributed by atoms with E-state index in [0.29, 0.717) is 5.92 Å². The van der Waals surface area contributed by atoms with Crippen molar-refractivity contribution in [1.82, 2.24) is 0 Å². The minimum Gasteiger partial charge on any atom is -0.399 e. The Morgan fingerprint density at radius 1 is 1.36 bits per heavy atom. The minimum absolute atomic E-state index is 0.614. The van der Waals surface area contributed by atoms with E-state index in [0.717, 1.165) is 5.69 Å². The fraction of sp³-hybridized carbons (Fsp3) is 0.385. The topological polar surface area (TPSA) is 26.0 Å². The number of anilines is 1. The second-order valence-electron chi connectivity index (χ2n) is 4.08. The van der Waals surface area contributed by atoms with Crippen LogP contribution < -0.4 is 5.73 Å². The smallest absolute Gasteiger partial charge is 0.0343 e. The average Bonchev–Trinajstić information content (AvgIpc) is 2.23. The molecule has 1 nitrogen and oxygen atoms in total. The molecule has 1 aliphatic carbocycles. The number of rotatable bonds is 1. The molecule has 0 saturated carbocycles. The van der Waals surface area contributed by atoms with Gasteiger partial charge in [0.2, 0.25) is 0 Å². The third kappa shape index (κ3) is 1.82. The van der Waals surface area contributed by atoms with Crippen molar-refractivity contribution >= 4 is 5.69 Å². The molecule has 0 aliphatic heterocycles. The molecule has 2 N–H and O–H groups in total. The molecule has 1 unspecified atom stereocenters. The summed E-state index contributed by atoms with van der Waals surface area (Å²) in [4.78, 5) is 0. The van der Waals surface area contributed by atoms with E-state index in [4.69, 9.17) is 5.73 Å². The molecule has 0 radical (unpaired) electrons. The number of aryl methyl sites for hydroxylation is 1. The monoisotopic (exact) mass is 187 g/mol. The van der Waals surface area contributed by atoms with Crippen LogP contribution in [0.2, 0.25) is 0 Å². The molecule has 0 heterocycles. The van der Waals surface area contributed by atoms with Crippen LogP contribution in [0.3, 0.4) is 0 Å². The molecule has 0 aromatic heterocycles. The fourth-order valence-electron chi connectivity index (χ4n) is 2.02. The summed E-state index contributed by atoms with van der Waals surface area (Å²) < 4.78 is 0. The Hall–Kier alpha value is -1.24. The maximum absolute atomic E-state index is 5.80. The first-order valence-electron chi connectivity index (χ1n) is 5.30. The lowest BCUT2D eigenvalue weighted by Crippen LogP contribution is -2.00. The highest BCUT2D eigenvalue weighted by Gasteiger charge is 2.11. The van der Waals surface area contributed by atoms with Gasteiger partial charge in [0.25, 0.3) is 0 Å².